The van der Waals surface area contributed by atoms with Crippen LogP contribution in [0.5, 0.6) is 11.5 Å². The van der Waals surface area contributed by atoms with Gasteiger partial charge in [-0.3, -0.25) is 14.5 Å². The second kappa shape index (κ2) is 7.05. The lowest BCUT2D eigenvalue weighted by Crippen LogP contribution is -2.51. The lowest BCUT2D eigenvalue weighted by molar-refractivity contribution is -0.135. The number of rotatable bonds is 4. The van der Waals surface area contributed by atoms with E-state index in [0.29, 0.717) is 30.8 Å². The van der Waals surface area contributed by atoms with Crippen molar-refractivity contribution >= 4 is 17.8 Å². The third-order valence-corrected chi connectivity index (χ3v) is 5.91. The monoisotopic (exact) mass is 407 g/mol. The van der Waals surface area contributed by atoms with Gasteiger partial charge in [-0.2, -0.15) is 0 Å². The summed E-state index contributed by atoms with van der Waals surface area (Å²) in [4.78, 5) is 39.0. The van der Waals surface area contributed by atoms with Crippen LogP contribution in [0, 0.1) is 0 Å². The van der Waals surface area contributed by atoms with Crippen LogP contribution in [0.1, 0.15) is 23.1 Å². The van der Waals surface area contributed by atoms with E-state index in [2.05, 4.69) is 10.6 Å². The summed E-state index contributed by atoms with van der Waals surface area (Å²) in [5.41, 5.74) is 2.14. The third kappa shape index (κ3) is 3.14. The topological polar surface area (TPSA) is 97.0 Å². The Morgan fingerprint density at radius 3 is 2.77 bits per heavy atom. The number of urea groups is 1. The number of hydrogen-bond acceptors (Lipinski definition) is 5. The molecule has 1 aliphatic carbocycles. The molecule has 2 aromatic carbocycles. The fraction of sp³-hybridized carbons (Fsp3) is 0.318. The van der Waals surface area contributed by atoms with E-state index in [4.69, 9.17) is 9.47 Å². The first-order valence-electron chi connectivity index (χ1n) is 9.90. The number of nitrogens with zero attached hydrogens (tertiary/aromatic N) is 1. The van der Waals surface area contributed by atoms with Crippen LogP contribution in [0.25, 0.3) is 0 Å². The molecule has 2 N–H and O–H groups in total. The summed E-state index contributed by atoms with van der Waals surface area (Å²) in [5.74, 6) is 0.573. The molecule has 1 spiro atoms. The Balaban J connectivity index is 1.22. The van der Waals surface area contributed by atoms with Crippen LogP contribution in [-0.4, -0.2) is 41.6 Å². The molecule has 8 nitrogen and oxygen atoms in total. The molecule has 3 aliphatic rings. The van der Waals surface area contributed by atoms with Crippen LogP contribution >= 0.6 is 0 Å². The summed E-state index contributed by atoms with van der Waals surface area (Å²) in [7, 11) is 0. The van der Waals surface area contributed by atoms with Gasteiger partial charge in [0.25, 0.3) is 5.91 Å². The van der Waals surface area contributed by atoms with Gasteiger partial charge in [0.15, 0.2) is 11.5 Å². The minimum atomic E-state index is -0.955. The molecular weight excluding hydrogens is 386 g/mol. The highest BCUT2D eigenvalue weighted by Gasteiger charge is 2.52. The average molecular weight is 407 g/mol. The molecule has 8 heteroatoms. The van der Waals surface area contributed by atoms with Gasteiger partial charge in [0, 0.05) is 13.0 Å². The fourth-order valence-corrected chi connectivity index (χ4v) is 4.30. The van der Waals surface area contributed by atoms with Crippen LogP contribution in [0.3, 0.4) is 0 Å². The predicted molar refractivity (Wildman–Crippen MR) is 106 cm³/mol. The summed E-state index contributed by atoms with van der Waals surface area (Å²) >= 11 is 0. The Bertz CT molecular complexity index is 1050. The Morgan fingerprint density at radius 2 is 1.90 bits per heavy atom. The van der Waals surface area contributed by atoms with Crippen molar-refractivity contribution in [2.45, 2.75) is 31.3 Å². The summed E-state index contributed by atoms with van der Waals surface area (Å²) in [5, 5.41) is 5.60. The molecule has 2 aromatic rings. The first-order valence-corrected chi connectivity index (χ1v) is 9.90. The minimum absolute atomic E-state index is 0.184. The maximum absolute atomic E-state index is 13.1. The smallest absolute Gasteiger partial charge is 0.325 e. The molecule has 30 heavy (non-hydrogen) atoms. The van der Waals surface area contributed by atoms with E-state index in [1.807, 2.05) is 30.3 Å². The Morgan fingerprint density at radius 1 is 1.10 bits per heavy atom. The molecule has 0 bridgehead atoms. The van der Waals surface area contributed by atoms with Gasteiger partial charge in [-0.05, 0) is 41.7 Å². The number of hydrogen-bond donors (Lipinski definition) is 2. The van der Waals surface area contributed by atoms with E-state index in [0.717, 1.165) is 16.0 Å². The molecule has 0 saturated carbocycles. The van der Waals surface area contributed by atoms with E-state index in [1.165, 1.54) is 5.56 Å². The van der Waals surface area contributed by atoms with Crippen LogP contribution in [0.15, 0.2) is 42.5 Å². The maximum Gasteiger partial charge on any atom is 0.325 e. The zero-order chi connectivity index (χ0) is 20.7. The number of amides is 4. The summed E-state index contributed by atoms with van der Waals surface area (Å²) < 4.78 is 10.6. The zero-order valence-electron chi connectivity index (χ0n) is 16.3. The average Bonchev–Trinajstić information content (AvgIpc) is 3.30. The van der Waals surface area contributed by atoms with Crippen LogP contribution in [0.4, 0.5) is 4.79 Å². The molecule has 1 atom stereocenters. The minimum Gasteiger partial charge on any atom is -0.454 e. The van der Waals surface area contributed by atoms with Gasteiger partial charge in [0.1, 0.15) is 12.1 Å². The number of carbonyl (C=O) groups is 3. The first kappa shape index (κ1) is 18.5. The highest BCUT2D eigenvalue weighted by molar-refractivity contribution is 6.09. The second-order valence-electron chi connectivity index (χ2n) is 7.81. The highest BCUT2D eigenvalue weighted by Crippen LogP contribution is 2.34. The van der Waals surface area contributed by atoms with E-state index >= 15 is 0 Å². The van der Waals surface area contributed by atoms with Crippen molar-refractivity contribution < 1.29 is 23.9 Å². The fourth-order valence-electron chi connectivity index (χ4n) is 4.30. The standard InChI is InChI=1S/C22H21N3O5/c26-19(23-11-14-5-6-17-18(9-14)30-13-29-17)12-25-20(27)22(24-21(25)28)8-7-15-3-1-2-4-16(15)10-22/h1-6,9H,7-8,10-13H2,(H,23,26)(H,24,28). The second-order valence-corrected chi connectivity index (χ2v) is 7.81. The Kier molecular flexibility index (Phi) is 4.34. The van der Waals surface area contributed by atoms with E-state index in [-0.39, 0.29) is 25.8 Å². The van der Waals surface area contributed by atoms with Crippen molar-refractivity contribution in [1.29, 1.82) is 0 Å². The van der Waals surface area contributed by atoms with Gasteiger partial charge >= 0.3 is 6.03 Å². The van der Waals surface area contributed by atoms with Crippen molar-refractivity contribution in [3.63, 3.8) is 0 Å². The summed E-state index contributed by atoms with van der Waals surface area (Å²) in [6.45, 7) is 0.139. The normalized spacial score (nSPS) is 21.5. The lowest BCUT2D eigenvalue weighted by atomic mass is 9.78. The molecule has 1 fully saturated rings. The van der Waals surface area contributed by atoms with E-state index < -0.39 is 17.5 Å². The molecule has 1 saturated heterocycles. The van der Waals surface area contributed by atoms with Crippen molar-refractivity contribution in [2.75, 3.05) is 13.3 Å². The SMILES string of the molecule is O=C(CN1C(=O)NC2(CCc3ccccc3C2)C1=O)NCc1ccc2c(c1)OCO2. The molecule has 0 radical (unpaired) electrons. The van der Waals surface area contributed by atoms with Crippen molar-refractivity contribution in [3.05, 3.63) is 59.2 Å². The van der Waals surface area contributed by atoms with Crippen LogP contribution < -0.4 is 20.1 Å². The molecular formula is C22H21N3O5. The summed E-state index contributed by atoms with van der Waals surface area (Å²) in [6.07, 6.45) is 1.69. The molecule has 2 aliphatic heterocycles. The zero-order valence-corrected chi connectivity index (χ0v) is 16.3. The van der Waals surface area contributed by atoms with Crippen molar-refractivity contribution in [3.8, 4) is 11.5 Å². The Hall–Kier alpha value is -3.55. The van der Waals surface area contributed by atoms with E-state index in [9.17, 15) is 14.4 Å². The number of ether oxygens (including phenoxy) is 2. The van der Waals surface area contributed by atoms with Gasteiger partial charge in [0.2, 0.25) is 12.7 Å². The van der Waals surface area contributed by atoms with Crippen LogP contribution in [-0.2, 0) is 29.0 Å². The lowest BCUT2D eigenvalue weighted by Gasteiger charge is -2.32. The first-order chi connectivity index (χ1) is 14.5. The number of carbonyl (C=O) groups excluding carboxylic acids is 3. The largest absolute Gasteiger partial charge is 0.454 e. The highest BCUT2D eigenvalue weighted by atomic mass is 16.7. The summed E-state index contributed by atoms with van der Waals surface area (Å²) in [6, 6.07) is 12.8. The van der Waals surface area contributed by atoms with Gasteiger partial charge < -0.3 is 20.1 Å². The number of fused-ring (bicyclic) bond motifs is 2. The molecule has 5 rings (SSSR count). The molecule has 4 amide bonds. The number of benzene rings is 2. The van der Waals surface area contributed by atoms with E-state index in [1.54, 1.807) is 12.1 Å². The third-order valence-electron chi connectivity index (χ3n) is 5.91. The van der Waals surface area contributed by atoms with Crippen molar-refractivity contribution in [1.82, 2.24) is 15.5 Å². The molecule has 2 heterocycles. The molecule has 154 valence electrons. The quantitative estimate of drug-likeness (QED) is 0.749. The number of aryl methyl sites for hydroxylation is 1. The number of nitrogens with one attached hydrogen (secondary N) is 2. The molecule has 0 aromatic heterocycles. The van der Waals surface area contributed by atoms with Crippen LogP contribution in [0.2, 0.25) is 0 Å². The number of imide groups is 1. The van der Waals surface area contributed by atoms with Gasteiger partial charge in [-0.1, -0.05) is 30.3 Å². The van der Waals surface area contributed by atoms with Gasteiger partial charge in [-0.25, -0.2) is 4.79 Å². The van der Waals surface area contributed by atoms with Gasteiger partial charge in [-0.15, -0.1) is 0 Å². The van der Waals surface area contributed by atoms with Crippen molar-refractivity contribution in [2.24, 2.45) is 0 Å². The maximum atomic E-state index is 13.1. The van der Waals surface area contributed by atoms with Gasteiger partial charge in [0.05, 0.1) is 0 Å². The predicted octanol–water partition coefficient (Wildman–Crippen LogP) is 1.51. The molecule has 1 unspecified atom stereocenters. The Labute approximate surface area is 173 Å².